The Kier molecular flexibility index (Phi) is 4.37. The summed E-state index contributed by atoms with van der Waals surface area (Å²) in [6, 6.07) is 0. The van der Waals surface area contributed by atoms with Gasteiger partial charge in [-0.1, -0.05) is 19.9 Å². The largest absolute Gasteiger partial charge is 0.453 e. The molecule has 0 aliphatic carbocycles. The van der Waals surface area contributed by atoms with Crippen molar-refractivity contribution in [2.45, 2.75) is 13.8 Å². The van der Waals surface area contributed by atoms with Crippen LogP contribution >= 0.6 is 0 Å². The fourth-order valence-electron chi connectivity index (χ4n) is 0.368. The van der Waals surface area contributed by atoms with E-state index in [-0.39, 0.29) is 0 Å². The predicted octanol–water partition coefficient (Wildman–Crippen LogP) is 1.51. The van der Waals surface area contributed by atoms with Gasteiger partial charge in [0.1, 0.15) is 0 Å². The van der Waals surface area contributed by atoms with Gasteiger partial charge in [0, 0.05) is 6.20 Å². The van der Waals surface area contributed by atoms with E-state index < -0.39 is 6.09 Å². The molecule has 3 nitrogen and oxygen atoms in total. The van der Waals surface area contributed by atoms with Crippen molar-refractivity contribution in [2.75, 3.05) is 7.11 Å². The zero-order chi connectivity index (χ0) is 7.98. The molecule has 0 spiro atoms. The molecule has 10 heavy (non-hydrogen) atoms. The number of hydrogen-bond acceptors (Lipinski definition) is 2. The lowest BCUT2D eigenvalue weighted by molar-refractivity contribution is 0.175. The van der Waals surface area contributed by atoms with Crippen LogP contribution in [0.3, 0.4) is 0 Å². The van der Waals surface area contributed by atoms with E-state index in [9.17, 15) is 4.79 Å². The molecule has 1 amide bonds. The van der Waals surface area contributed by atoms with E-state index in [0.717, 1.165) is 0 Å². The first-order valence-electron chi connectivity index (χ1n) is 3.18. The van der Waals surface area contributed by atoms with Crippen molar-refractivity contribution in [2.24, 2.45) is 5.92 Å². The molecule has 0 radical (unpaired) electrons. The van der Waals surface area contributed by atoms with Crippen LogP contribution in [0.15, 0.2) is 12.3 Å². The number of allylic oxidation sites excluding steroid dienone is 1. The number of ether oxygens (including phenoxy) is 1. The molecule has 0 aromatic heterocycles. The van der Waals surface area contributed by atoms with Gasteiger partial charge in [0.15, 0.2) is 0 Å². The van der Waals surface area contributed by atoms with Crippen LogP contribution in [0.25, 0.3) is 0 Å². The van der Waals surface area contributed by atoms with Crippen LogP contribution in [0.2, 0.25) is 0 Å². The Labute approximate surface area is 61.1 Å². The Morgan fingerprint density at radius 2 is 2.20 bits per heavy atom. The third kappa shape index (κ3) is 5.15. The van der Waals surface area contributed by atoms with Crippen LogP contribution < -0.4 is 5.32 Å². The van der Waals surface area contributed by atoms with Gasteiger partial charge in [0.2, 0.25) is 0 Å². The van der Waals surface area contributed by atoms with Crippen LogP contribution in [0.1, 0.15) is 13.8 Å². The second-order valence-electron chi connectivity index (χ2n) is 2.24. The first kappa shape index (κ1) is 9.01. The van der Waals surface area contributed by atoms with Crippen molar-refractivity contribution in [3.63, 3.8) is 0 Å². The van der Waals surface area contributed by atoms with Crippen molar-refractivity contribution in [1.82, 2.24) is 5.32 Å². The van der Waals surface area contributed by atoms with E-state index in [4.69, 9.17) is 0 Å². The molecule has 0 aromatic carbocycles. The number of hydrogen-bond donors (Lipinski definition) is 1. The van der Waals surface area contributed by atoms with Crippen LogP contribution in [-0.2, 0) is 4.74 Å². The molecular weight excluding hydrogens is 130 g/mol. The summed E-state index contributed by atoms with van der Waals surface area (Å²) >= 11 is 0. The molecular formula is C7H13NO2. The molecule has 0 unspecified atom stereocenters. The maximum absolute atomic E-state index is 10.4. The standard InChI is InChI=1S/C7H13NO2/c1-6(2)4-5-8-7(9)10-3/h4-6H,1-3H3,(H,8,9)/b5-4+. The summed E-state index contributed by atoms with van der Waals surface area (Å²) in [6.45, 7) is 4.05. The average molecular weight is 143 g/mol. The molecule has 0 aromatic rings. The summed E-state index contributed by atoms with van der Waals surface area (Å²) in [5, 5.41) is 2.42. The smallest absolute Gasteiger partial charge is 0.410 e. The normalized spacial score (nSPS) is 10.4. The van der Waals surface area contributed by atoms with Gasteiger partial charge in [-0.25, -0.2) is 4.79 Å². The summed E-state index contributed by atoms with van der Waals surface area (Å²) in [4.78, 5) is 10.4. The van der Waals surface area contributed by atoms with Crippen molar-refractivity contribution in [1.29, 1.82) is 0 Å². The maximum atomic E-state index is 10.4. The van der Waals surface area contributed by atoms with E-state index in [1.807, 2.05) is 19.9 Å². The van der Waals surface area contributed by atoms with E-state index in [2.05, 4.69) is 10.1 Å². The molecule has 0 saturated carbocycles. The van der Waals surface area contributed by atoms with Crippen LogP contribution in [-0.4, -0.2) is 13.2 Å². The molecule has 0 fully saturated rings. The molecule has 0 aliphatic heterocycles. The predicted molar refractivity (Wildman–Crippen MR) is 39.5 cm³/mol. The lowest BCUT2D eigenvalue weighted by Gasteiger charge is -1.96. The Hall–Kier alpha value is -0.990. The number of methoxy groups -OCH3 is 1. The van der Waals surface area contributed by atoms with Gasteiger partial charge in [-0.2, -0.15) is 0 Å². The van der Waals surface area contributed by atoms with Gasteiger partial charge in [0.05, 0.1) is 7.11 Å². The summed E-state index contributed by atoms with van der Waals surface area (Å²) in [5.41, 5.74) is 0. The fraction of sp³-hybridized carbons (Fsp3) is 0.571. The third-order valence-corrected chi connectivity index (χ3v) is 0.868. The highest BCUT2D eigenvalue weighted by Crippen LogP contribution is 1.90. The van der Waals surface area contributed by atoms with Crippen molar-refractivity contribution >= 4 is 6.09 Å². The molecule has 0 atom stereocenters. The van der Waals surface area contributed by atoms with E-state index in [1.165, 1.54) is 7.11 Å². The van der Waals surface area contributed by atoms with Gasteiger partial charge in [0.25, 0.3) is 0 Å². The first-order chi connectivity index (χ1) is 4.66. The molecule has 0 rings (SSSR count). The highest BCUT2D eigenvalue weighted by atomic mass is 16.5. The molecule has 58 valence electrons. The molecule has 0 heterocycles. The molecule has 0 saturated heterocycles. The average Bonchev–Trinajstić information content (AvgIpc) is 1.87. The minimum atomic E-state index is -0.433. The van der Waals surface area contributed by atoms with Crippen LogP contribution in [0.4, 0.5) is 4.79 Å². The summed E-state index contributed by atoms with van der Waals surface area (Å²) in [5.74, 6) is 0.442. The third-order valence-electron chi connectivity index (χ3n) is 0.868. The molecule has 1 N–H and O–H groups in total. The Morgan fingerprint density at radius 1 is 1.60 bits per heavy atom. The monoisotopic (exact) mass is 143 g/mol. The quantitative estimate of drug-likeness (QED) is 0.636. The van der Waals surface area contributed by atoms with Gasteiger partial charge in [-0.3, -0.25) is 5.32 Å². The summed E-state index contributed by atoms with van der Waals surface area (Å²) in [6.07, 6.45) is 3.02. The summed E-state index contributed by atoms with van der Waals surface area (Å²) < 4.78 is 4.33. The number of amides is 1. The summed E-state index contributed by atoms with van der Waals surface area (Å²) in [7, 11) is 1.33. The van der Waals surface area contributed by atoms with E-state index in [0.29, 0.717) is 5.92 Å². The number of nitrogens with one attached hydrogen (secondary N) is 1. The zero-order valence-electron chi connectivity index (χ0n) is 6.55. The minimum Gasteiger partial charge on any atom is -0.453 e. The van der Waals surface area contributed by atoms with Crippen molar-refractivity contribution in [3.05, 3.63) is 12.3 Å². The van der Waals surface area contributed by atoms with Gasteiger partial charge in [-0.15, -0.1) is 0 Å². The lowest BCUT2D eigenvalue weighted by atomic mass is 10.2. The van der Waals surface area contributed by atoms with Gasteiger partial charge in [-0.05, 0) is 5.92 Å². The van der Waals surface area contributed by atoms with E-state index in [1.54, 1.807) is 6.20 Å². The van der Waals surface area contributed by atoms with Crippen LogP contribution in [0.5, 0.6) is 0 Å². The number of carbonyl (C=O) groups is 1. The topological polar surface area (TPSA) is 38.3 Å². The fourth-order valence-corrected chi connectivity index (χ4v) is 0.368. The second kappa shape index (κ2) is 4.85. The first-order valence-corrected chi connectivity index (χ1v) is 3.18. The Morgan fingerprint density at radius 3 is 2.60 bits per heavy atom. The number of rotatable bonds is 2. The Balaban J connectivity index is 3.43. The lowest BCUT2D eigenvalue weighted by Crippen LogP contribution is -2.16. The van der Waals surface area contributed by atoms with Crippen LogP contribution in [0, 0.1) is 5.92 Å². The minimum absolute atomic E-state index is 0.433. The molecule has 0 bridgehead atoms. The molecule has 0 aliphatic rings. The Bertz CT molecular complexity index is 130. The second-order valence-corrected chi connectivity index (χ2v) is 2.24. The van der Waals surface area contributed by atoms with Crippen molar-refractivity contribution < 1.29 is 9.53 Å². The maximum Gasteiger partial charge on any atom is 0.410 e. The van der Waals surface area contributed by atoms with E-state index >= 15 is 0 Å². The number of alkyl carbamates (subject to hydrolysis) is 1. The van der Waals surface area contributed by atoms with Crippen molar-refractivity contribution in [3.8, 4) is 0 Å². The van der Waals surface area contributed by atoms with Gasteiger partial charge >= 0.3 is 6.09 Å². The highest BCUT2D eigenvalue weighted by molar-refractivity contribution is 5.68. The zero-order valence-corrected chi connectivity index (χ0v) is 6.55. The number of carbonyl (C=O) groups excluding carboxylic acids is 1. The SMILES string of the molecule is COC(=O)N/C=C/C(C)C. The highest BCUT2D eigenvalue weighted by Gasteiger charge is 1.90. The van der Waals surface area contributed by atoms with Gasteiger partial charge < -0.3 is 4.74 Å². The molecule has 3 heteroatoms.